The first-order valence-electron chi connectivity index (χ1n) is 16.7. The molecule has 2 N–H and O–H groups in total. The summed E-state index contributed by atoms with van der Waals surface area (Å²) in [6.45, 7) is 14.2. The van der Waals surface area contributed by atoms with Crippen molar-refractivity contribution in [2.45, 2.75) is 85.5 Å². The molecule has 0 saturated heterocycles. The van der Waals surface area contributed by atoms with Crippen molar-refractivity contribution in [1.29, 1.82) is 0 Å². The van der Waals surface area contributed by atoms with Gasteiger partial charge in [0.2, 0.25) is 0 Å². The number of aliphatic hydroxyl groups excluding tert-OH is 1. The number of hydrogen-bond acceptors (Lipinski definition) is 8. The number of ether oxygens (including phenoxy) is 1. The van der Waals surface area contributed by atoms with Gasteiger partial charge in [0.05, 0.1) is 36.6 Å². The summed E-state index contributed by atoms with van der Waals surface area (Å²) in [5.41, 5.74) is 2.95. The molecule has 0 spiro atoms. The van der Waals surface area contributed by atoms with Gasteiger partial charge in [-0.2, -0.15) is 24.0 Å². The number of carbonyl (C=O) groups excluding carboxylic acids is 2. The van der Waals surface area contributed by atoms with Gasteiger partial charge < -0.3 is 20.1 Å². The van der Waals surface area contributed by atoms with E-state index < -0.39 is 24.3 Å². The van der Waals surface area contributed by atoms with Gasteiger partial charge in [-0.1, -0.05) is 57.5 Å². The largest absolute Gasteiger partial charge is 0.442 e. The SMILES string of the molecule is C=NC(=O)OC(C)(C)C.CC(C)(C)C.CNCN(C(=O)c1ccc(-c2cnn(C(F)F)c2)cc1)C(CO)c1ccc(Cl)c(-c2ncnn2C2CC2)c1. The molecule has 1 unspecified atom stereocenters. The Kier molecular flexibility index (Phi) is 14.7. The lowest BCUT2D eigenvalue weighted by atomic mass is 10.0. The second-order valence-electron chi connectivity index (χ2n) is 14.7. The van der Waals surface area contributed by atoms with Crippen LogP contribution in [0.15, 0.2) is 66.2 Å². The topological polar surface area (TPSA) is 140 Å². The summed E-state index contributed by atoms with van der Waals surface area (Å²) in [5, 5.41) is 21.9. The van der Waals surface area contributed by atoms with E-state index in [2.05, 4.69) is 59.9 Å². The van der Waals surface area contributed by atoms with Crippen molar-refractivity contribution in [3.8, 4) is 22.5 Å². The van der Waals surface area contributed by atoms with Crippen LogP contribution in [0.4, 0.5) is 13.6 Å². The Balaban J connectivity index is 0.000000442. The number of rotatable bonds is 10. The highest BCUT2D eigenvalue weighted by atomic mass is 35.5. The number of aliphatic imine (C=N–C) groups is 1. The smallest absolute Gasteiger partial charge is 0.433 e. The number of nitrogens with one attached hydrogen (secondary N) is 1. The third-order valence-electron chi connectivity index (χ3n) is 7.01. The maximum Gasteiger partial charge on any atom is 0.433 e. The molecule has 1 aliphatic carbocycles. The molecule has 2 aromatic heterocycles. The van der Waals surface area contributed by atoms with Crippen molar-refractivity contribution in [2.24, 2.45) is 10.4 Å². The van der Waals surface area contributed by atoms with E-state index in [1.165, 1.54) is 23.6 Å². The fraction of sp³-hybridized carbons (Fsp3) is 0.459. The molecule has 1 aliphatic rings. The van der Waals surface area contributed by atoms with Crippen LogP contribution in [0.2, 0.25) is 5.02 Å². The Morgan fingerprint density at radius 2 is 1.71 bits per heavy atom. The van der Waals surface area contributed by atoms with E-state index in [1.54, 1.807) is 64.2 Å². The molecule has 1 fully saturated rings. The highest BCUT2D eigenvalue weighted by Crippen LogP contribution is 2.39. The molecule has 0 aliphatic heterocycles. The van der Waals surface area contributed by atoms with Gasteiger partial charge in [0.15, 0.2) is 5.82 Å². The van der Waals surface area contributed by atoms with E-state index in [0.29, 0.717) is 54.8 Å². The second kappa shape index (κ2) is 18.3. The van der Waals surface area contributed by atoms with Gasteiger partial charge in [-0.3, -0.25) is 4.79 Å². The Morgan fingerprint density at radius 3 is 2.19 bits per heavy atom. The molecule has 2 aromatic carbocycles. The molecule has 1 atom stereocenters. The van der Waals surface area contributed by atoms with Gasteiger partial charge in [-0.15, -0.1) is 0 Å². The first-order chi connectivity index (χ1) is 24.4. The standard InChI is InChI=1S/C26H26ClF2N7O2.C6H11NO2.C5H12/c1-30-15-34(25(38)17-4-2-16(3-5-17)19-11-32-35(12-19)26(28)29)23(13-37)18-6-9-22(27)21(10-18)24-31-14-33-36(24)20-7-8-20;1-6(2,3)9-5(8)7-4;1-5(2,3)4/h2-6,9-12,14,20,23,26,30,37H,7-8,13,15H2,1H3;4H2,1-3H3;1-4H3. The van der Waals surface area contributed by atoms with E-state index in [0.717, 1.165) is 12.8 Å². The van der Waals surface area contributed by atoms with Crippen molar-refractivity contribution < 1.29 is 28.2 Å². The first-order valence-corrected chi connectivity index (χ1v) is 17.1. The molecule has 4 aromatic rings. The van der Waals surface area contributed by atoms with Gasteiger partial charge in [0.25, 0.3) is 5.91 Å². The molecule has 2 heterocycles. The van der Waals surface area contributed by atoms with Crippen molar-refractivity contribution >= 4 is 30.3 Å². The first kappa shape index (κ1) is 41.9. The number of halogens is 3. The highest BCUT2D eigenvalue weighted by molar-refractivity contribution is 6.33. The fourth-order valence-corrected chi connectivity index (χ4v) is 4.89. The molecule has 2 amide bonds. The van der Waals surface area contributed by atoms with Crippen molar-refractivity contribution in [3.05, 3.63) is 77.3 Å². The summed E-state index contributed by atoms with van der Waals surface area (Å²) >= 11 is 6.53. The monoisotopic (exact) mass is 742 g/mol. The Hall–Kier alpha value is -4.53. The number of aromatic nitrogens is 5. The van der Waals surface area contributed by atoms with Crippen molar-refractivity contribution in [1.82, 2.24) is 34.8 Å². The summed E-state index contributed by atoms with van der Waals surface area (Å²) in [4.78, 5) is 33.0. The summed E-state index contributed by atoms with van der Waals surface area (Å²) in [6, 6.07) is 11.6. The van der Waals surface area contributed by atoms with Crippen LogP contribution in [0.3, 0.4) is 0 Å². The van der Waals surface area contributed by atoms with Gasteiger partial charge in [0.1, 0.15) is 11.9 Å². The summed E-state index contributed by atoms with van der Waals surface area (Å²) in [5.74, 6) is 0.333. The van der Waals surface area contributed by atoms with E-state index >= 15 is 0 Å². The highest BCUT2D eigenvalue weighted by Gasteiger charge is 2.30. The van der Waals surface area contributed by atoms with Crippen LogP contribution in [0.25, 0.3) is 22.5 Å². The number of amides is 2. The molecule has 1 saturated carbocycles. The molecule has 0 radical (unpaired) electrons. The number of carbonyl (C=O) groups is 2. The zero-order valence-corrected chi connectivity index (χ0v) is 31.7. The van der Waals surface area contributed by atoms with Gasteiger partial charge in [-0.05, 0) is 88.2 Å². The molecule has 0 bridgehead atoms. The predicted octanol–water partition coefficient (Wildman–Crippen LogP) is 8.22. The van der Waals surface area contributed by atoms with Gasteiger partial charge >= 0.3 is 12.6 Å². The zero-order chi connectivity index (χ0) is 38.8. The lowest BCUT2D eigenvalue weighted by Gasteiger charge is -2.31. The van der Waals surface area contributed by atoms with Crippen LogP contribution in [0.5, 0.6) is 0 Å². The maximum atomic E-state index is 13.6. The normalized spacial score (nSPS) is 13.3. The zero-order valence-electron chi connectivity index (χ0n) is 31.0. The van der Waals surface area contributed by atoms with Crippen LogP contribution < -0.4 is 5.32 Å². The van der Waals surface area contributed by atoms with E-state index in [1.807, 2.05) is 10.7 Å². The van der Waals surface area contributed by atoms with Crippen LogP contribution in [-0.4, -0.2) is 79.2 Å². The number of aliphatic hydroxyl groups is 1. The second-order valence-corrected chi connectivity index (χ2v) is 15.1. The van der Waals surface area contributed by atoms with Gasteiger partial charge in [0, 0.05) is 22.9 Å². The predicted molar refractivity (Wildman–Crippen MR) is 198 cm³/mol. The van der Waals surface area contributed by atoms with Crippen molar-refractivity contribution in [3.63, 3.8) is 0 Å². The quantitative estimate of drug-likeness (QED) is 0.122. The molecule has 5 rings (SSSR count). The maximum absolute atomic E-state index is 13.6. The van der Waals surface area contributed by atoms with Crippen LogP contribution in [-0.2, 0) is 4.74 Å². The molecule has 282 valence electrons. The molecular weight excluding hydrogens is 694 g/mol. The number of hydrogen-bond donors (Lipinski definition) is 2. The minimum Gasteiger partial charge on any atom is -0.442 e. The number of benzene rings is 2. The lowest BCUT2D eigenvalue weighted by molar-refractivity contribution is 0.0564. The third kappa shape index (κ3) is 12.6. The van der Waals surface area contributed by atoms with E-state index in [-0.39, 0.29) is 19.2 Å². The Morgan fingerprint density at radius 1 is 1.08 bits per heavy atom. The van der Waals surface area contributed by atoms with E-state index in [9.17, 15) is 23.5 Å². The van der Waals surface area contributed by atoms with Crippen molar-refractivity contribution in [2.75, 3.05) is 20.3 Å². The number of alkyl halides is 2. The molecule has 52 heavy (non-hydrogen) atoms. The Bertz CT molecular complexity index is 1770. The average molecular weight is 743 g/mol. The summed E-state index contributed by atoms with van der Waals surface area (Å²) < 4.78 is 32.9. The molecule has 15 heteroatoms. The van der Waals surface area contributed by atoms with Gasteiger partial charge in [-0.25, -0.2) is 19.1 Å². The van der Waals surface area contributed by atoms with Crippen LogP contribution >= 0.6 is 11.6 Å². The van der Waals surface area contributed by atoms with Crippen LogP contribution in [0.1, 0.15) is 95.9 Å². The van der Waals surface area contributed by atoms with E-state index in [4.69, 9.17) is 16.3 Å². The number of nitrogens with zero attached hydrogens (tertiary/aromatic N) is 7. The molecular formula is C37H49ClF2N8O4. The summed E-state index contributed by atoms with van der Waals surface area (Å²) in [7, 11) is 1.71. The van der Waals surface area contributed by atoms with Crippen LogP contribution in [0, 0.1) is 5.41 Å². The lowest BCUT2D eigenvalue weighted by Crippen LogP contribution is -2.41. The minimum absolute atomic E-state index is 0.170. The average Bonchev–Trinajstić information content (AvgIpc) is 3.57. The minimum atomic E-state index is -2.73. The Labute approximate surface area is 308 Å². The molecule has 12 nitrogen and oxygen atoms in total. The fourth-order valence-electron chi connectivity index (χ4n) is 4.69. The third-order valence-corrected chi connectivity index (χ3v) is 7.34. The summed E-state index contributed by atoms with van der Waals surface area (Å²) in [6.07, 6.45) is 5.54.